The largest absolute Gasteiger partial charge is 0.359 e. The second kappa shape index (κ2) is 4.22. The first kappa shape index (κ1) is 12.5. The molecule has 2 aromatic rings. The second-order valence-corrected chi connectivity index (χ2v) is 4.44. The normalized spacial score (nSPS) is 14.1. The first-order chi connectivity index (χ1) is 9.47. The van der Waals surface area contributed by atoms with Crippen LogP contribution >= 0.6 is 0 Å². The number of rotatable bonds is 2. The van der Waals surface area contributed by atoms with Crippen LogP contribution < -0.4 is 4.90 Å². The van der Waals surface area contributed by atoms with Crippen LogP contribution in [0, 0.1) is 18.6 Å². The number of anilines is 1. The quantitative estimate of drug-likeness (QED) is 0.788. The molecule has 3 rings (SSSR count). The summed E-state index contributed by atoms with van der Waals surface area (Å²) in [7, 11) is 0. The van der Waals surface area contributed by atoms with E-state index in [1.807, 2.05) is 0 Å². The minimum Gasteiger partial charge on any atom is -0.359 e. The van der Waals surface area contributed by atoms with Crippen LogP contribution in [0.3, 0.4) is 0 Å². The summed E-state index contributed by atoms with van der Waals surface area (Å²) in [6.07, 6.45) is 0. The molecule has 20 heavy (non-hydrogen) atoms. The number of amides is 1. The van der Waals surface area contributed by atoms with Crippen molar-refractivity contribution in [2.45, 2.75) is 13.5 Å². The van der Waals surface area contributed by atoms with Gasteiger partial charge in [0.25, 0.3) is 11.7 Å². The molecule has 102 valence electrons. The third kappa shape index (κ3) is 1.78. The number of Topliss-reactive ketones (excluding diaryl/α,β-unsaturated/α-hetero) is 1. The molecule has 1 aromatic heterocycles. The van der Waals surface area contributed by atoms with E-state index in [-0.39, 0.29) is 12.2 Å². The summed E-state index contributed by atoms with van der Waals surface area (Å²) in [4.78, 5) is 24.6. The Hall–Kier alpha value is -2.57. The number of ketones is 1. The van der Waals surface area contributed by atoms with Gasteiger partial charge >= 0.3 is 0 Å². The van der Waals surface area contributed by atoms with Gasteiger partial charge in [-0.05, 0) is 13.0 Å². The van der Waals surface area contributed by atoms with Gasteiger partial charge in [0.05, 0.1) is 23.5 Å². The summed E-state index contributed by atoms with van der Waals surface area (Å²) in [5, 5.41) is 3.65. The maximum atomic E-state index is 13.6. The summed E-state index contributed by atoms with van der Waals surface area (Å²) in [5.41, 5.74) is 0.0998. The standard InChI is InChI=1S/C13H8F2N2O3/c1-6-2-8(20-16-6)5-17-10-4-7(14)3-9(15)11(10)12(18)13(17)19/h2-4H,5H2,1H3. The SMILES string of the molecule is Cc1cc(CN2C(=O)C(=O)c3c(F)cc(F)cc32)on1. The molecule has 1 aliphatic heterocycles. The predicted molar refractivity (Wildman–Crippen MR) is 63.1 cm³/mol. The van der Waals surface area contributed by atoms with Gasteiger partial charge in [0.2, 0.25) is 0 Å². The molecule has 1 aromatic carbocycles. The van der Waals surface area contributed by atoms with Gasteiger partial charge < -0.3 is 4.52 Å². The van der Waals surface area contributed by atoms with E-state index < -0.39 is 28.9 Å². The van der Waals surface area contributed by atoms with Crippen molar-refractivity contribution >= 4 is 17.4 Å². The first-order valence-corrected chi connectivity index (χ1v) is 5.75. The number of carbonyl (C=O) groups is 2. The van der Waals surface area contributed by atoms with Gasteiger partial charge in [0.15, 0.2) is 5.76 Å². The van der Waals surface area contributed by atoms with Gasteiger partial charge in [-0.25, -0.2) is 8.78 Å². The summed E-state index contributed by atoms with van der Waals surface area (Å²) in [5.74, 6) is -3.49. The number of fused-ring (bicyclic) bond motifs is 1. The molecule has 0 saturated carbocycles. The van der Waals surface area contributed by atoms with E-state index in [1.54, 1.807) is 13.0 Å². The van der Waals surface area contributed by atoms with E-state index in [0.717, 1.165) is 11.0 Å². The van der Waals surface area contributed by atoms with Gasteiger partial charge in [-0.2, -0.15) is 0 Å². The lowest BCUT2D eigenvalue weighted by Crippen LogP contribution is -2.29. The second-order valence-electron chi connectivity index (χ2n) is 4.44. The van der Waals surface area contributed by atoms with Crippen molar-refractivity contribution in [3.8, 4) is 0 Å². The van der Waals surface area contributed by atoms with Crippen LogP contribution in [-0.2, 0) is 11.3 Å². The molecule has 0 fully saturated rings. The van der Waals surface area contributed by atoms with Crippen LogP contribution in [0.25, 0.3) is 0 Å². The van der Waals surface area contributed by atoms with Crippen LogP contribution in [-0.4, -0.2) is 16.8 Å². The monoisotopic (exact) mass is 278 g/mol. The van der Waals surface area contributed by atoms with Crippen LogP contribution in [0.1, 0.15) is 21.8 Å². The van der Waals surface area contributed by atoms with Crippen molar-refractivity contribution < 1.29 is 22.9 Å². The third-order valence-electron chi connectivity index (χ3n) is 2.98. The zero-order valence-corrected chi connectivity index (χ0v) is 10.3. The Morgan fingerprint density at radius 2 is 2.00 bits per heavy atom. The van der Waals surface area contributed by atoms with E-state index in [9.17, 15) is 18.4 Å². The number of nitrogens with zero attached hydrogens (tertiary/aromatic N) is 2. The van der Waals surface area contributed by atoms with Gasteiger partial charge in [0.1, 0.15) is 11.6 Å². The summed E-state index contributed by atoms with van der Waals surface area (Å²) in [6.45, 7) is 1.58. The highest BCUT2D eigenvalue weighted by atomic mass is 19.1. The van der Waals surface area contributed by atoms with Crippen molar-refractivity contribution in [2.24, 2.45) is 0 Å². The van der Waals surface area contributed by atoms with Gasteiger partial charge in [-0.15, -0.1) is 0 Å². The average molecular weight is 278 g/mol. The van der Waals surface area contributed by atoms with Crippen molar-refractivity contribution in [2.75, 3.05) is 4.90 Å². The fourth-order valence-corrected chi connectivity index (χ4v) is 2.14. The Bertz CT molecular complexity index is 739. The van der Waals surface area contributed by atoms with Crippen molar-refractivity contribution in [1.82, 2.24) is 5.16 Å². The molecule has 0 bridgehead atoms. The minimum atomic E-state index is -1.05. The van der Waals surface area contributed by atoms with Crippen LogP contribution in [0.15, 0.2) is 22.7 Å². The van der Waals surface area contributed by atoms with Gasteiger partial charge in [0, 0.05) is 12.1 Å². The Labute approximate surface area is 111 Å². The molecule has 0 unspecified atom stereocenters. The number of carbonyl (C=O) groups excluding carboxylic acids is 2. The van der Waals surface area contributed by atoms with Crippen molar-refractivity contribution in [3.63, 3.8) is 0 Å². The smallest absolute Gasteiger partial charge is 0.300 e. The van der Waals surface area contributed by atoms with Crippen molar-refractivity contribution in [1.29, 1.82) is 0 Å². The molecule has 1 amide bonds. The molecule has 0 atom stereocenters. The highest BCUT2D eigenvalue weighted by molar-refractivity contribution is 6.52. The van der Waals surface area contributed by atoms with Gasteiger partial charge in [-0.3, -0.25) is 14.5 Å². The first-order valence-electron chi connectivity index (χ1n) is 5.75. The number of aromatic nitrogens is 1. The average Bonchev–Trinajstić information content (AvgIpc) is 2.87. The Morgan fingerprint density at radius 3 is 2.65 bits per heavy atom. The molecular formula is C13H8F2N2O3. The number of hydrogen-bond donors (Lipinski definition) is 0. The molecule has 7 heteroatoms. The van der Waals surface area contributed by atoms with E-state index >= 15 is 0 Å². The predicted octanol–water partition coefficient (Wildman–Crippen LogP) is 1.99. The number of halogens is 2. The zero-order valence-electron chi connectivity index (χ0n) is 10.3. The fraction of sp³-hybridized carbons (Fsp3) is 0.154. The molecule has 5 nitrogen and oxygen atoms in total. The molecule has 2 heterocycles. The van der Waals surface area contributed by atoms with Crippen LogP contribution in [0.4, 0.5) is 14.5 Å². The zero-order chi connectivity index (χ0) is 14.4. The van der Waals surface area contributed by atoms with Crippen molar-refractivity contribution in [3.05, 3.63) is 46.9 Å². The maximum Gasteiger partial charge on any atom is 0.300 e. The third-order valence-corrected chi connectivity index (χ3v) is 2.98. The lowest BCUT2D eigenvalue weighted by molar-refractivity contribution is -0.114. The van der Waals surface area contributed by atoms with E-state index in [1.165, 1.54) is 0 Å². The van der Waals surface area contributed by atoms with E-state index in [2.05, 4.69) is 5.16 Å². The summed E-state index contributed by atoms with van der Waals surface area (Å²) < 4.78 is 31.8. The van der Waals surface area contributed by atoms with E-state index in [0.29, 0.717) is 17.5 Å². The molecule has 0 aliphatic carbocycles. The van der Waals surface area contributed by atoms with E-state index in [4.69, 9.17) is 4.52 Å². The topological polar surface area (TPSA) is 63.4 Å². The molecule has 0 spiro atoms. The number of benzene rings is 1. The molecular weight excluding hydrogens is 270 g/mol. The Morgan fingerprint density at radius 1 is 1.25 bits per heavy atom. The summed E-state index contributed by atoms with van der Waals surface area (Å²) in [6, 6.07) is 3.10. The Balaban J connectivity index is 2.06. The van der Waals surface area contributed by atoms with Gasteiger partial charge in [-0.1, -0.05) is 5.16 Å². The lowest BCUT2D eigenvalue weighted by Gasteiger charge is -2.14. The highest BCUT2D eigenvalue weighted by Crippen LogP contribution is 2.33. The highest BCUT2D eigenvalue weighted by Gasteiger charge is 2.39. The molecule has 1 aliphatic rings. The fourth-order valence-electron chi connectivity index (χ4n) is 2.14. The lowest BCUT2D eigenvalue weighted by atomic mass is 10.1. The Kier molecular flexibility index (Phi) is 2.63. The summed E-state index contributed by atoms with van der Waals surface area (Å²) >= 11 is 0. The van der Waals surface area contributed by atoms with Crippen LogP contribution in [0.2, 0.25) is 0 Å². The number of hydrogen-bond acceptors (Lipinski definition) is 4. The minimum absolute atomic E-state index is 0.0912. The van der Waals surface area contributed by atoms with Crippen LogP contribution in [0.5, 0.6) is 0 Å². The maximum absolute atomic E-state index is 13.6. The molecule has 0 radical (unpaired) electrons. The molecule has 0 saturated heterocycles. The molecule has 0 N–H and O–H groups in total. The number of aryl methyl sites for hydroxylation is 1.